The fraction of sp³-hybridized carbons (Fsp3) is 0.417. The summed E-state index contributed by atoms with van der Waals surface area (Å²) in [5.74, 6) is 0.770. The first kappa shape index (κ1) is 21.5. The molecule has 9 heteroatoms. The predicted molar refractivity (Wildman–Crippen MR) is 125 cm³/mol. The Kier molecular flexibility index (Phi) is 5.59. The molecule has 1 saturated heterocycles. The maximum Gasteiger partial charge on any atom is 0.352 e. The summed E-state index contributed by atoms with van der Waals surface area (Å²) in [4.78, 5) is 24.7. The van der Waals surface area contributed by atoms with Crippen molar-refractivity contribution < 1.29 is 9.47 Å². The van der Waals surface area contributed by atoms with E-state index in [1.807, 2.05) is 30.5 Å². The van der Waals surface area contributed by atoms with Gasteiger partial charge in [0.2, 0.25) is 0 Å². The van der Waals surface area contributed by atoms with Crippen molar-refractivity contribution in [2.75, 3.05) is 20.2 Å². The maximum absolute atomic E-state index is 13.2. The quantitative estimate of drug-likeness (QED) is 0.464. The summed E-state index contributed by atoms with van der Waals surface area (Å²) in [6.07, 6.45) is 3.65. The molecule has 0 aliphatic carbocycles. The first-order valence-electron chi connectivity index (χ1n) is 11.2. The van der Waals surface area contributed by atoms with Crippen LogP contribution >= 0.6 is 0 Å². The van der Waals surface area contributed by atoms with Crippen LogP contribution in [-0.4, -0.2) is 61.5 Å². The van der Waals surface area contributed by atoms with Gasteiger partial charge in [0.1, 0.15) is 17.7 Å². The molecule has 2 unspecified atom stereocenters. The van der Waals surface area contributed by atoms with Gasteiger partial charge in [0, 0.05) is 25.3 Å². The van der Waals surface area contributed by atoms with E-state index < -0.39 is 0 Å². The molecule has 33 heavy (non-hydrogen) atoms. The molecule has 4 aromatic rings. The van der Waals surface area contributed by atoms with E-state index in [0.29, 0.717) is 17.8 Å². The summed E-state index contributed by atoms with van der Waals surface area (Å²) < 4.78 is 14.1. The van der Waals surface area contributed by atoms with Gasteiger partial charge in [-0.05, 0) is 50.1 Å². The van der Waals surface area contributed by atoms with E-state index in [2.05, 4.69) is 41.8 Å². The zero-order valence-corrected chi connectivity index (χ0v) is 19.3. The number of rotatable bonds is 5. The summed E-state index contributed by atoms with van der Waals surface area (Å²) in [6, 6.07) is 9.90. The van der Waals surface area contributed by atoms with Crippen molar-refractivity contribution in [1.29, 1.82) is 0 Å². The van der Waals surface area contributed by atoms with Gasteiger partial charge in [0.25, 0.3) is 0 Å². The highest BCUT2D eigenvalue weighted by molar-refractivity contribution is 5.89. The van der Waals surface area contributed by atoms with Crippen LogP contribution in [-0.2, 0) is 11.3 Å². The van der Waals surface area contributed by atoms with Crippen LogP contribution in [0.15, 0.2) is 47.7 Å². The maximum atomic E-state index is 13.2. The Bertz CT molecular complexity index is 1340. The second-order valence-electron chi connectivity index (χ2n) is 8.74. The zero-order valence-electron chi connectivity index (χ0n) is 19.3. The molecule has 0 amide bonds. The van der Waals surface area contributed by atoms with E-state index in [9.17, 15) is 4.79 Å². The Balaban J connectivity index is 1.58. The number of ether oxygens (including phenoxy) is 2. The second-order valence-corrected chi connectivity index (χ2v) is 8.74. The van der Waals surface area contributed by atoms with Gasteiger partial charge >= 0.3 is 5.69 Å². The molecule has 1 fully saturated rings. The summed E-state index contributed by atoms with van der Waals surface area (Å²) in [6.45, 7) is 8.48. The fourth-order valence-corrected chi connectivity index (χ4v) is 4.65. The molecule has 3 atom stereocenters. The molecule has 1 aliphatic rings. The molecule has 9 nitrogen and oxygen atoms in total. The molecule has 4 heterocycles. The molecule has 1 aromatic carbocycles. The minimum absolute atomic E-state index is 0.153. The zero-order chi connectivity index (χ0) is 23.1. The van der Waals surface area contributed by atoms with Crippen LogP contribution in [0.1, 0.15) is 37.9 Å². The number of methoxy groups -OCH3 is 1. The smallest absolute Gasteiger partial charge is 0.352 e. The van der Waals surface area contributed by atoms with Crippen LogP contribution in [0.2, 0.25) is 0 Å². The Morgan fingerprint density at radius 1 is 1.12 bits per heavy atom. The molecular weight excluding hydrogens is 420 g/mol. The topological polar surface area (TPSA) is 86.8 Å². The van der Waals surface area contributed by atoms with E-state index in [1.165, 1.54) is 10.8 Å². The van der Waals surface area contributed by atoms with Gasteiger partial charge < -0.3 is 9.47 Å². The normalized spacial score (nSPS) is 20.4. The highest BCUT2D eigenvalue weighted by Gasteiger charge is 2.27. The molecule has 0 bridgehead atoms. The van der Waals surface area contributed by atoms with Crippen molar-refractivity contribution in [2.24, 2.45) is 0 Å². The van der Waals surface area contributed by atoms with Crippen molar-refractivity contribution in [2.45, 2.75) is 45.6 Å². The molecule has 0 spiro atoms. The fourth-order valence-electron chi connectivity index (χ4n) is 4.65. The van der Waals surface area contributed by atoms with E-state index in [4.69, 9.17) is 14.5 Å². The molecule has 3 aromatic heterocycles. The van der Waals surface area contributed by atoms with Crippen LogP contribution in [0.25, 0.3) is 16.7 Å². The summed E-state index contributed by atoms with van der Waals surface area (Å²) in [5.41, 5.74) is 2.88. The average Bonchev–Trinajstić information content (AvgIpc) is 3.31. The van der Waals surface area contributed by atoms with Gasteiger partial charge in [-0.15, -0.1) is 0 Å². The van der Waals surface area contributed by atoms with Gasteiger partial charge in [0.05, 0.1) is 31.2 Å². The number of hydrogen-bond donors (Lipinski definition) is 0. The van der Waals surface area contributed by atoms with E-state index >= 15 is 0 Å². The first-order chi connectivity index (χ1) is 15.9. The Morgan fingerprint density at radius 3 is 2.55 bits per heavy atom. The number of aromatic nitrogens is 5. The Morgan fingerprint density at radius 2 is 1.85 bits per heavy atom. The van der Waals surface area contributed by atoms with Crippen LogP contribution in [0.3, 0.4) is 0 Å². The number of hydrogen-bond acceptors (Lipinski definition) is 7. The largest absolute Gasteiger partial charge is 0.497 e. The molecule has 0 radical (unpaired) electrons. The van der Waals surface area contributed by atoms with Crippen molar-refractivity contribution in [3.8, 4) is 5.75 Å². The molecule has 1 aliphatic heterocycles. The van der Waals surface area contributed by atoms with Crippen LogP contribution in [0, 0.1) is 0 Å². The second kappa shape index (κ2) is 8.57. The molecule has 0 N–H and O–H groups in total. The lowest BCUT2D eigenvalue weighted by molar-refractivity contribution is -0.0789. The third-order valence-electron chi connectivity index (χ3n) is 6.32. The monoisotopic (exact) mass is 448 g/mol. The van der Waals surface area contributed by atoms with Crippen LogP contribution in [0.4, 0.5) is 0 Å². The predicted octanol–water partition coefficient (Wildman–Crippen LogP) is 2.67. The SMILES string of the molecule is COc1ccc(Cn2c(=O)n3ncnc3c3cc(C(C)N4CC(C)O[C@H](C)C4)cnc32)cc1. The Labute approximate surface area is 191 Å². The minimum atomic E-state index is -0.269. The number of morpholine rings is 1. The van der Waals surface area contributed by atoms with Crippen molar-refractivity contribution in [1.82, 2.24) is 29.0 Å². The van der Waals surface area contributed by atoms with Gasteiger partial charge in [-0.1, -0.05) is 12.1 Å². The average molecular weight is 449 g/mol. The third kappa shape index (κ3) is 3.98. The number of nitrogens with zero attached hydrogens (tertiary/aromatic N) is 6. The lowest BCUT2D eigenvalue weighted by Gasteiger charge is -2.39. The standard InChI is InChI=1S/C24H28N6O3/c1-15-11-28(12-16(2)33-15)17(3)19-9-21-22(25-10-19)29(24(31)30-23(21)26-14-27-30)13-18-5-7-20(32-4)8-6-18/h5-10,14-17H,11-13H2,1-4H3/t15-,16?,17?/m1/s1. The van der Waals surface area contributed by atoms with E-state index in [-0.39, 0.29) is 23.9 Å². The summed E-state index contributed by atoms with van der Waals surface area (Å²) >= 11 is 0. The molecular formula is C24H28N6O3. The third-order valence-corrected chi connectivity index (χ3v) is 6.32. The van der Waals surface area contributed by atoms with E-state index in [0.717, 1.165) is 35.4 Å². The van der Waals surface area contributed by atoms with Gasteiger partial charge in [0.15, 0.2) is 5.65 Å². The highest BCUT2D eigenvalue weighted by Crippen LogP contribution is 2.27. The Hall–Kier alpha value is -3.30. The number of fused-ring (bicyclic) bond motifs is 3. The number of pyridine rings is 1. The molecule has 5 rings (SSSR count). The first-order valence-corrected chi connectivity index (χ1v) is 11.2. The van der Waals surface area contributed by atoms with Gasteiger partial charge in [-0.3, -0.25) is 9.47 Å². The lowest BCUT2D eigenvalue weighted by Crippen LogP contribution is -2.46. The van der Waals surface area contributed by atoms with Crippen molar-refractivity contribution >= 4 is 16.7 Å². The van der Waals surface area contributed by atoms with Crippen LogP contribution in [0.5, 0.6) is 5.75 Å². The summed E-state index contributed by atoms with van der Waals surface area (Å²) in [5, 5.41) is 4.98. The summed E-state index contributed by atoms with van der Waals surface area (Å²) in [7, 11) is 1.63. The molecule has 172 valence electrons. The lowest BCUT2D eigenvalue weighted by atomic mass is 10.1. The van der Waals surface area contributed by atoms with E-state index in [1.54, 1.807) is 11.7 Å². The minimum Gasteiger partial charge on any atom is -0.497 e. The molecule has 0 saturated carbocycles. The van der Waals surface area contributed by atoms with Crippen molar-refractivity contribution in [3.05, 3.63) is 64.5 Å². The van der Waals surface area contributed by atoms with Gasteiger partial charge in [-0.2, -0.15) is 9.61 Å². The number of benzene rings is 1. The van der Waals surface area contributed by atoms with Crippen LogP contribution < -0.4 is 10.4 Å². The van der Waals surface area contributed by atoms with Gasteiger partial charge in [-0.25, -0.2) is 14.8 Å². The highest BCUT2D eigenvalue weighted by atomic mass is 16.5. The van der Waals surface area contributed by atoms with Crippen molar-refractivity contribution in [3.63, 3.8) is 0 Å².